The van der Waals surface area contributed by atoms with Gasteiger partial charge in [-0.15, -0.1) is 0 Å². The van der Waals surface area contributed by atoms with Crippen molar-refractivity contribution >= 4 is 38.9 Å². The van der Waals surface area contributed by atoms with Gasteiger partial charge < -0.3 is 9.47 Å². The molecule has 50 heavy (non-hydrogen) atoms. The number of anilines is 3. The molecule has 1 aromatic heterocycles. The van der Waals surface area contributed by atoms with Crippen molar-refractivity contribution in [2.45, 2.75) is 0 Å². The molecule has 9 aromatic rings. The van der Waals surface area contributed by atoms with Crippen LogP contribution in [-0.4, -0.2) is 4.57 Å². The van der Waals surface area contributed by atoms with Crippen molar-refractivity contribution in [3.05, 3.63) is 206 Å². The van der Waals surface area contributed by atoms with Crippen molar-refractivity contribution in [2.24, 2.45) is 0 Å². The molecule has 0 aliphatic rings. The molecule has 0 unspecified atom stereocenters. The fourth-order valence-corrected chi connectivity index (χ4v) is 7.22. The number of para-hydroxylation sites is 3. The van der Waals surface area contributed by atoms with Gasteiger partial charge >= 0.3 is 0 Å². The van der Waals surface area contributed by atoms with E-state index in [9.17, 15) is 0 Å². The van der Waals surface area contributed by atoms with Crippen molar-refractivity contribution in [1.82, 2.24) is 4.57 Å². The van der Waals surface area contributed by atoms with Gasteiger partial charge in [0, 0.05) is 33.4 Å². The lowest BCUT2D eigenvalue weighted by Gasteiger charge is -2.28. The first kappa shape index (κ1) is 29.5. The van der Waals surface area contributed by atoms with E-state index in [-0.39, 0.29) is 0 Å². The Morgan fingerprint density at radius 3 is 1.62 bits per heavy atom. The van der Waals surface area contributed by atoms with Gasteiger partial charge in [0.2, 0.25) is 0 Å². The number of hydrogen-bond acceptors (Lipinski definition) is 1. The summed E-state index contributed by atoms with van der Waals surface area (Å²) in [6, 6.07) is 74.1. The molecule has 0 N–H and O–H groups in total. The van der Waals surface area contributed by atoms with Crippen LogP contribution in [-0.2, 0) is 0 Å². The summed E-state index contributed by atoms with van der Waals surface area (Å²) in [5.41, 5.74) is 14.0. The van der Waals surface area contributed by atoms with Gasteiger partial charge in [-0.3, -0.25) is 0 Å². The van der Waals surface area contributed by atoms with E-state index < -0.39 is 0 Å². The number of rotatable bonds is 7. The van der Waals surface area contributed by atoms with Crippen molar-refractivity contribution < 1.29 is 0 Å². The molecule has 0 bridgehead atoms. The van der Waals surface area contributed by atoms with Crippen LogP contribution in [0.4, 0.5) is 17.1 Å². The maximum Gasteiger partial charge on any atom is 0.0561 e. The smallest absolute Gasteiger partial charge is 0.0561 e. The van der Waals surface area contributed by atoms with Gasteiger partial charge in [-0.05, 0) is 76.3 Å². The topological polar surface area (TPSA) is 8.17 Å². The van der Waals surface area contributed by atoms with Crippen LogP contribution < -0.4 is 4.90 Å². The minimum Gasteiger partial charge on any atom is -0.310 e. The number of benzene rings is 8. The molecule has 2 nitrogen and oxygen atoms in total. The first-order valence-corrected chi connectivity index (χ1v) is 17.1. The van der Waals surface area contributed by atoms with E-state index in [2.05, 4.69) is 216 Å². The van der Waals surface area contributed by atoms with Crippen molar-refractivity contribution in [3.63, 3.8) is 0 Å². The zero-order chi connectivity index (χ0) is 33.3. The van der Waals surface area contributed by atoms with Crippen LogP contribution in [0.25, 0.3) is 60.9 Å². The SMILES string of the molecule is c1ccc(-c2ccc(-c3cccc(N(c4ccc5c6ccccc6n(-c6ccccc6)c5c4)c4ccccc4-c4ccccc4)c3)cc2)cc1. The minimum atomic E-state index is 1.09. The predicted molar refractivity (Wildman–Crippen MR) is 212 cm³/mol. The Bertz CT molecular complexity index is 2570. The van der Waals surface area contributed by atoms with Gasteiger partial charge in [0.05, 0.1) is 16.7 Å². The van der Waals surface area contributed by atoms with Gasteiger partial charge in [0.1, 0.15) is 0 Å². The molecule has 0 amide bonds. The molecule has 0 atom stereocenters. The lowest BCUT2D eigenvalue weighted by atomic mass is 9.99. The van der Waals surface area contributed by atoms with Crippen LogP contribution in [0, 0.1) is 0 Å². The molecule has 0 radical (unpaired) electrons. The van der Waals surface area contributed by atoms with E-state index in [0.29, 0.717) is 0 Å². The fourth-order valence-electron chi connectivity index (χ4n) is 7.22. The van der Waals surface area contributed by atoms with E-state index in [1.165, 1.54) is 55.2 Å². The molecule has 9 rings (SSSR count). The molecular weight excluding hydrogens is 605 g/mol. The number of hydrogen-bond donors (Lipinski definition) is 0. The summed E-state index contributed by atoms with van der Waals surface area (Å²) in [5.74, 6) is 0. The molecule has 1 heterocycles. The van der Waals surface area contributed by atoms with Crippen LogP contribution in [0.5, 0.6) is 0 Å². The Hall–Kier alpha value is -6.64. The number of fused-ring (bicyclic) bond motifs is 3. The third kappa shape index (κ3) is 5.34. The quantitative estimate of drug-likeness (QED) is 0.169. The van der Waals surface area contributed by atoms with Crippen molar-refractivity contribution in [3.8, 4) is 39.1 Å². The molecule has 0 aliphatic carbocycles. The summed E-state index contributed by atoms with van der Waals surface area (Å²) in [4.78, 5) is 2.41. The van der Waals surface area contributed by atoms with Gasteiger partial charge in [0.25, 0.3) is 0 Å². The second-order valence-electron chi connectivity index (χ2n) is 12.6. The van der Waals surface area contributed by atoms with E-state index in [1.54, 1.807) is 0 Å². The lowest BCUT2D eigenvalue weighted by molar-refractivity contribution is 1.18. The molecule has 0 aliphatic heterocycles. The molecule has 0 saturated heterocycles. The Balaban J connectivity index is 1.24. The molecule has 0 fully saturated rings. The van der Waals surface area contributed by atoms with Crippen LogP contribution in [0.2, 0.25) is 0 Å². The molecular formula is C48H34N2. The molecule has 8 aromatic carbocycles. The Morgan fingerprint density at radius 2 is 0.860 bits per heavy atom. The molecule has 2 heteroatoms. The summed E-state index contributed by atoms with van der Waals surface area (Å²) in [5, 5.41) is 2.48. The summed E-state index contributed by atoms with van der Waals surface area (Å²) in [6.45, 7) is 0. The zero-order valence-electron chi connectivity index (χ0n) is 27.5. The monoisotopic (exact) mass is 638 g/mol. The summed E-state index contributed by atoms with van der Waals surface area (Å²) in [7, 11) is 0. The fraction of sp³-hybridized carbons (Fsp3) is 0. The summed E-state index contributed by atoms with van der Waals surface area (Å²) in [6.07, 6.45) is 0. The summed E-state index contributed by atoms with van der Waals surface area (Å²) < 4.78 is 2.39. The highest BCUT2D eigenvalue weighted by molar-refractivity contribution is 6.10. The van der Waals surface area contributed by atoms with Crippen LogP contribution in [0.3, 0.4) is 0 Å². The average Bonchev–Trinajstić information content (AvgIpc) is 3.53. The zero-order valence-corrected chi connectivity index (χ0v) is 27.5. The highest BCUT2D eigenvalue weighted by Gasteiger charge is 2.20. The second kappa shape index (κ2) is 12.8. The van der Waals surface area contributed by atoms with Crippen LogP contribution in [0.1, 0.15) is 0 Å². The first-order valence-electron chi connectivity index (χ1n) is 17.1. The molecule has 236 valence electrons. The van der Waals surface area contributed by atoms with Gasteiger partial charge in [-0.2, -0.15) is 0 Å². The standard InChI is InChI=1S/C48H34N2/c1-4-15-35(16-5-1)36-27-29-37(30-28-36)39-19-14-22-41(33-39)49(46-25-12-10-23-43(46)38-17-6-2-7-18-38)42-31-32-45-44-24-11-13-26-47(44)50(48(45)34-42)40-20-8-3-9-21-40/h1-34H. The largest absolute Gasteiger partial charge is 0.310 e. The number of nitrogens with zero attached hydrogens (tertiary/aromatic N) is 2. The van der Waals surface area contributed by atoms with Crippen LogP contribution in [0.15, 0.2) is 206 Å². The van der Waals surface area contributed by atoms with Gasteiger partial charge in [0.15, 0.2) is 0 Å². The van der Waals surface area contributed by atoms with E-state index in [1.807, 2.05) is 0 Å². The van der Waals surface area contributed by atoms with Gasteiger partial charge in [-0.1, -0.05) is 158 Å². The van der Waals surface area contributed by atoms with Gasteiger partial charge in [-0.25, -0.2) is 0 Å². The molecule has 0 saturated carbocycles. The highest BCUT2D eigenvalue weighted by atomic mass is 15.1. The predicted octanol–water partition coefficient (Wildman–Crippen LogP) is 13.3. The summed E-state index contributed by atoms with van der Waals surface area (Å²) >= 11 is 0. The third-order valence-electron chi connectivity index (χ3n) is 9.59. The normalized spacial score (nSPS) is 11.2. The van der Waals surface area contributed by atoms with Crippen molar-refractivity contribution in [2.75, 3.05) is 4.90 Å². The second-order valence-corrected chi connectivity index (χ2v) is 12.6. The van der Waals surface area contributed by atoms with E-state index >= 15 is 0 Å². The average molecular weight is 639 g/mol. The van der Waals surface area contributed by atoms with E-state index in [0.717, 1.165) is 22.7 Å². The maximum absolute atomic E-state index is 2.41. The maximum atomic E-state index is 2.41. The third-order valence-corrected chi connectivity index (χ3v) is 9.59. The van der Waals surface area contributed by atoms with Crippen molar-refractivity contribution in [1.29, 1.82) is 0 Å². The minimum absolute atomic E-state index is 1.09. The molecule has 0 spiro atoms. The highest BCUT2D eigenvalue weighted by Crippen LogP contribution is 2.44. The van der Waals surface area contributed by atoms with Crippen LogP contribution >= 0.6 is 0 Å². The Morgan fingerprint density at radius 1 is 0.320 bits per heavy atom. The Kier molecular flexibility index (Phi) is 7.53. The number of aromatic nitrogens is 1. The Labute approximate surface area is 292 Å². The first-order chi connectivity index (χ1) is 24.8. The van der Waals surface area contributed by atoms with E-state index in [4.69, 9.17) is 0 Å². The lowest BCUT2D eigenvalue weighted by Crippen LogP contribution is -2.11.